The van der Waals surface area contributed by atoms with Crippen molar-refractivity contribution in [3.05, 3.63) is 11.6 Å². The van der Waals surface area contributed by atoms with Crippen molar-refractivity contribution in [3.63, 3.8) is 0 Å². The smallest absolute Gasteiger partial charge is 0.188 e. The molecule has 0 amide bonds. The van der Waals surface area contributed by atoms with Gasteiger partial charge in [0.05, 0.1) is 0 Å². The SMILES string of the molecule is CCC(=O)S[C@H]1CC[C@@]2(C)C(=CC[C@@H]3[C@H]4CC[C@@H]([C@@H](C)CCCC(C)C)[C@@]4(C)CC[C@H]32)C1. The van der Waals surface area contributed by atoms with Crippen LogP contribution in [0.5, 0.6) is 0 Å². The van der Waals surface area contributed by atoms with Gasteiger partial charge in [-0.05, 0) is 97.7 Å². The molecule has 3 saturated carbocycles. The third-order valence-electron chi connectivity index (χ3n) is 10.8. The van der Waals surface area contributed by atoms with Gasteiger partial charge in [-0.2, -0.15) is 0 Å². The third kappa shape index (κ3) is 4.52. The van der Waals surface area contributed by atoms with Gasteiger partial charge in [0.2, 0.25) is 0 Å². The molecule has 4 aliphatic rings. The second kappa shape index (κ2) is 9.79. The molecular formula is C30H50OS. The summed E-state index contributed by atoms with van der Waals surface area (Å²) in [5, 5.41) is 0.926. The molecule has 0 unspecified atom stereocenters. The molecule has 1 nitrogen and oxygen atoms in total. The highest BCUT2D eigenvalue weighted by atomic mass is 32.2. The Labute approximate surface area is 203 Å². The molecule has 3 fully saturated rings. The number of carbonyl (C=O) groups is 1. The van der Waals surface area contributed by atoms with Gasteiger partial charge in [-0.1, -0.05) is 84.2 Å². The van der Waals surface area contributed by atoms with E-state index in [0.717, 1.165) is 35.5 Å². The number of carbonyl (C=O) groups excluding carboxylic acids is 1. The van der Waals surface area contributed by atoms with Crippen LogP contribution in [0.1, 0.15) is 119 Å². The lowest BCUT2D eigenvalue weighted by atomic mass is 9.47. The normalized spacial score (nSPS) is 42.1. The second-order valence-corrected chi connectivity index (χ2v) is 14.4. The molecule has 0 aliphatic heterocycles. The molecule has 0 aromatic rings. The number of fused-ring (bicyclic) bond motifs is 5. The molecule has 0 N–H and O–H groups in total. The van der Waals surface area contributed by atoms with Gasteiger partial charge in [0.1, 0.15) is 0 Å². The van der Waals surface area contributed by atoms with Gasteiger partial charge < -0.3 is 0 Å². The zero-order valence-electron chi connectivity index (χ0n) is 21.9. The Kier molecular flexibility index (Phi) is 7.61. The summed E-state index contributed by atoms with van der Waals surface area (Å²) in [6.07, 6.45) is 18.6. The standard InChI is InChI=1S/C30H50OS/c1-7-28(31)32-23-15-17-29(5)22(19-23)11-12-24-26-14-13-25(21(4)10-8-9-20(2)3)30(26,6)18-16-27(24)29/h11,20-21,23-27H,7-10,12-19H2,1-6H3/t21-,23-,24+,25-,26+,27+,29-,30+/m0/s1. The van der Waals surface area contributed by atoms with Gasteiger partial charge in [0.25, 0.3) is 0 Å². The van der Waals surface area contributed by atoms with Gasteiger partial charge in [0.15, 0.2) is 5.12 Å². The van der Waals surface area contributed by atoms with Gasteiger partial charge in [0, 0.05) is 11.7 Å². The van der Waals surface area contributed by atoms with Crippen LogP contribution in [0.15, 0.2) is 11.6 Å². The summed E-state index contributed by atoms with van der Waals surface area (Å²) in [6, 6.07) is 0. The molecule has 0 radical (unpaired) electrons. The van der Waals surface area contributed by atoms with Gasteiger partial charge in [-0.25, -0.2) is 0 Å². The summed E-state index contributed by atoms with van der Waals surface area (Å²) in [7, 11) is 0. The molecule has 2 heteroatoms. The van der Waals surface area contributed by atoms with Crippen LogP contribution in [0.2, 0.25) is 0 Å². The molecule has 0 spiro atoms. The first-order valence-electron chi connectivity index (χ1n) is 14.1. The maximum atomic E-state index is 12.0. The van der Waals surface area contributed by atoms with Gasteiger partial charge >= 0.3 is 0 Å². The Balaban J connectivity index is 1.45. The Morgan fingerprint density at radius 1 is 1.06 bits per heavy atom. The molecule has 0 aromatic carbocycles. The van der Waals surface area contributed by atoms with Crippen molar-refractivity contribution in [3.8, 4) is 0 Å². The summed E-state index contributed by atoms with van der Waals surface area (Å²) in [6.45, 7) is 14.7. The van der Waals surface area contributed by atoms with E-state index < -0.39 is 0 Å². The van der Waals surface area contributed by atoms with E-state index >= 15 is 0 Å². The van der Waals surface area contributed by atoms with Crippen molar-refractivity contribution in [2.75, 3.05) is 0 Å². The van der Waals surface area contributed by atoms with E-state index in [-0.39, 0.29) is 0 Å². The third-order valence-corrected chi connectivity index (χ3v) is 12.1. The summed E-state index contributed by atoms with van der Waals surface area (Å²) in [5.41, 5.74) is 2.73. The van der Waals surface area contributed by atoms with E-state index in [9.17, 15) is 4.79 Å². The van der Waals surface area contributed by atoms with Crippen molar-refractivity contribution in [2.45, 2.75) is 124 Å². The Bertz CT molecular complexity index is 710. The van der Waals surface area contributed by atoms with Crippen LogP contribution < -0.4 is 0 Å². The van der Waals surface area contributed by atoms with Crippen LogP contribution in [0.3, 0.4) is 0 Å². The van der Waals surface area contributed by atoms with E-state index in [2.05, 4.69) is 40.7 Å². The van der Waals surface area contributed by atoms with Crippen LogP contribution in [0.25, 0.3) is 0 Å². The summed E-state index contributed by atoms with van der Waals surface area (Å²) in [5.74, 6) is 5.45. The number of allylic oxidation sites excluding steroid dienone is 2. The Morgan fingerprint density at radius 3 is 2.56 bits per heavy atom. The van der Waals surface area contributed by atoms with E-state index in [1.54, 1.807) is 17.3 Å². The van der Waals surface area contributed by atoms with E-state index in [1.165, 1.54) is 70.6 Å². The summed E-state index contributed by atoms with van der Waals surface area (Å²) >= 11 is 1.65. The maximum absolute atomic E-state index is 12.0. The molecule has 8 atom stereocenters. The lowest BCUT2D eigenvalue weighted by Gasteiger charge is -2.58. The number of hydrogen-bond acceptors (Lipinski definition) is 2. The Morgan fingerprint density at radius 2 is 1.84 bits per heavy atom. The minimum Gasteiger partial charge on any atom is -0.287 e. The minimum atomic E-state index is 0.390. The van der Waals surface area contributed by atoms with Crippen LogP contribution in [0.4, 0.5) is 0 Å². The van der Waals surface area contributed by atoms with Crippen molar-refractivity contribution in [2.24, 2.45) is 46.3 Å². The lowest BCUT2D eigenvalue weighted by Crippen LogP contribution is -2.50. The quantitative estimate of drug-likeness (QED) is 0.354. The highest BCUT2D eigenvalue weighted by Crippen LogP contribution is 2.67. The largest absolute Gasteiger partial charge is 0.287 e. The molecule has 0 saturated heterocycles. The monoisotopic (exact) mass is 458 g/mol. The Hall–Kier alpha value is -0.240. The average molecular weight is 459 g/mol. The molecule has 32 heavy (non-hydrogen) atoms. The van der Waals surface area contributed by atoms with Crippen molar-refractivity contribution in [1.82, 2.24) is 0 Å². The molecule has 0 heterocycles. The zero-order valence-corrected chi connectivity index (χ0v) is 22.7. The molecule has 4 rings (SSSR count). The first kappa shape index (κ1) is 24.9. The first-order chi connectivity index (χ1) is 15.2. The van der Waals surface area contributed by atoms with Crippen LogP contribution in [0, 0.1) is 46.3 Å². The van der Waals surface area contributed by atoms with Crippen LogP contribution >= 0.6 is 11.8 Å². The highest BCUT2D eigenvalue weighted by Gasteiger charge is 2.59. The second-order valence-electron chi connectivity index (χ2n) is 13.0. The number of hydrogen-bond donors (Lipinski definition) is 0. The number of thioether (sulfide) groups is 1. The van der Waals surface area contributed by atoms with E-state index in [1.807, 2.05) is 6.92 Å². The molecule has 4 aliphatic carbocycles. The van der Waals surface area contributed by atoms with Crippen LogP contribution in [-0.2, 0) is 4.79 Å². The van der Waals surface area contributed by atoms with Gasteiger partial charge in [-0.3, -0.25) is 4.79 Å². The first-order valence-corrected chi connectivity index (χ1v) is 15.0. The maximum Gasteiger partial charge on any atom is 0.188 e. The molecular weight excluding hydrogens is 408 g/mol. The fourth-order valence-corrected chi connectivity index (χ4v) is 10.1. The predicted octanol–water partition coefficient (Wildman–Crippen LogP) is 9.07. The fraction of sp³-hybridized carbons (Fsp3) is 0.900. The summed E-state index contributed by atoms with van der Waals surface area (Å²) in [4.78, 5) is 12.0. The van der Waals surface area contributed by atoms with E-state index in [4.69, 9.17) is 0 Å². The van der Waals surface area contributed by atoms with Crippen molar-refractivity contribution < 1.29 is 4.79 Å². The minimum absolute atomic E-state index is 0.390. The topological polar surface area (TPSA) is 17.1 Å². The zero-order chi connectivity index (χ0) is 23.1. The molecule has 0 aromatic heterocycles. The molecule has 0 bridgehead atoms. The van der Waals surface area contributed by atoms with Crippen molar-refractivity contribution in [1.29, 1.82) is 0 Å². The summed E-state index contributed by atoms with van der Waals surface area (Å²) < 4.78 is 0. The van der Waals surface area contributed by atoms with E-state index in [0.29, 0.717) is 27.6 Å². The fourth-order valence-electron chi connectivity index (χ4n) is 9.02. The highest BCUT2D eigenvalue weighted by molar-refractivity contribution is 8.14. The molecule has 182 valence electrons. The predicted molar refractivity (Wildman–Crippen MR) is 140 cm³/mol. The number of rotatable bonds is 7. The van der Waals surface area contributed by atoms with Crippen molar-refractivity contribution >= 4 is 16.9 Å². The average Bonchev–Trinajstić information content (AvgIpc) is 3.11. The van der Waals surface area contributed by atoms with Crippen LogP contribution in [-0.4, -0.2) is 10.4 Å². The van der Waals surface area contributed by atoms with Gasteiger partial charge in [-0.15, -0.1) is 0 Å². The lowest BCUT2D eigenvalue weighted by molar-refractivity contribution is -0.110.